The van der Waals surface area contributed by atoms with E-state index in [4.69, 9.17) is 9.47 Å². The number of nitrogens with zero attached hydrogens (tertiary/aromatic N) is 3. The average Bonchev–Trinajstić information content (AvgIpc) is 3.38. The molecular formula is C44H56N4O6. The number of benzene rings is 2. The molecule has 4 fully saturated rings. The molecule has 2 bridgehead atoms. The Hall–Kier alpha value is -4.60. The summed E-state index contributed by atoms with van der Waals surface area (Å²) in [6.07, 6.45) is 9.32. The number of piperidine rings is 3. The molecule has 0 spiro atoms. The molecule has 10 nitrogen and oxygen atoms in total. The van der Waals surface area contributed by atoms with Gasteiger partial charge in [-0.2, -0.15) is 0 Å². The van der Waals surface area contributed by atoms with Gasteiger partial charge in [0.25, 0.3) is 5.56 Å². The number of aromatic nitrogens is 1. The number of pyridine rings is 1. The number of carbonyl (C=O) groups excluding carboxylic acids is 3. The molecule has 54 heavy (non-hydrogen) atoms. The lowest BCUT2D eigenvalue weighted by molar-refractivity contribution is -0.137. The number of amides is 3. The topological polar surface area (TPSA) is 110 Å². The Balaban J connectivity index is 0.944. The zero-order chi connectivity index (χ0) is 38.3. The summed E-state index contributed by atoms with van der Waals surface area (Å²) in [5.41, 5.74) is 8.30. The van der Waals surface area contributed by atoms with Gasteiger partial charge in [0.1, 0.15) is 11.5 Å². The van der Waals surface area contributed by atoms with Crippen molar-refractivity contribution in [3.8, 4) is 22.6 Å². The van der Waals surface area contributed by atoms with Crippen LogP contribution in [0.4, 0.5) is 5.69 Å². The van der Waals surface area contributed by atoms with E-state index in [2.05, 4.69) is 52.4 Å². The van der Waals surface area contributed by atoms with E-state index in [0.717, 1.165) is 103 Å². The molecule has 4 heterocycles. The smallest absolute Gasteiger partial charge is 0.253 e. The summed E-state index contributed by atoms with van der Waals surface area (Å²) >= 11 is 0. The highest BCUT2D eigenvalue weighted by molar-refractivity contribution is 5.98. The van der Waals surface area contributed by atoms with Crippen molar-refractivity contribution < 1.29 is 23.9 Å². The van der Waals surface area contributed by atoms with Crippen LogP contribution in [0.1, 0.15) is 72.8 Å². The number of fused-ring (bicyclic) bond motifs is 2. The molecule has 1 aromatic heterocycles. The number of ether oxygens (including phenoxy) is 2. The normalized spacial score (nSPS) is 23.1. The molecule has 0 radical (unpaired) electrons. The number of carbonyl (C=O) groups is 3. The van der Waals surface area contributed by atoms with E-state index in [1.54, 1.807) is 25.8 Å². The van der Waals surface area contributed by atoms with Crippen molar-refractivity contribution in [3.05, 3.63) is 74.7 Å². The van der Waals surface area contributed by atoms with Gasteiger partial charge in [-0.15, -0.1) is 0 Å². The van der Waals surface area contributed by atoms with Gasteiger partial charge < -0.3 is 23.8 Å². The summed E-state index contributed by atoms with van der Waals surface area (Å²) in [6.45, 7) is 9.51. The monoisotopic (exact) mass is 736 g/mol. The Morgan fingerprint density at radius 3 is 2.13 bits per heavy atom. The highest BCUT2D eigenvalue weighted by Gasteiger charge is 2.44. The van der Waals surface area contributed by atoms with Crippen molar-refractivity contribution in [3.63, 3.8) is 0 Å². The van der Waals surface area contributed by atoms with Crippen molar-refractivity contribution in [1.29, 1.82) is 0 Å². The van der Waals surface area contributed by atoms with Crippen LogP contribution in [0.5, 0.6) is 11.5 Å². The summed E-state index contributed by atoms with van der Waals surface area (Å²) in [4.78, 5) is 54.7. The molecule has 1 saturated carbocycles. The van der Waals surface area contributed by atoms with E-state index in [0.29, 0.717) is 55.3 Å². The molecule has 3 atom stereocenters. The van der Waals surface area contributed by atoms with Gasteiger partial charge >= 0.3 is 0 Å². The first-order valence-corrected chi connectivity index (χ1v) is 19.8. The van der Waals surface area contributed by atoms with Crippen LogP contribution < -0.4 is 25.2 Å². The van der Waals surface area contributed by atoms with Crippen molar-refractivity contribution in [1.82, 2.24) is 14.8 Å². The third-order valence-electron chi connectivity index (χ3n) is 13.2. The van der Waals surface area contributed by atoms with Crippen molar-refractivity contribution in [2.45, 2.75) is 78.6 Å². The lowest BCUT2D eigenvalue weighted by atomic mass is 9.79. The molecule has 3 saturated heterocycles. The minimum atomic E-state index is -0.174. The molecule has 3 aliphatic heterocycles. The van der Waals surface area contributed by atoms with Crippen LogP contribution in [0.25, 0.3) is 11.1 Å². The van der Waals surface area contributed by atoms with E-state index in [-0.39, 0.29) is 23.3 Å². The zero-order valence-electron chi connectivity index (χ0n) is 32.8. The minimum absolute atomic E-state index is 0.0108. The number of aryl methyl sites for hydroxylation is 2. The summed E-state index contributed by atoms with van der Waals surface area (Å²) in [5.74, 6) is 3.20. The lowest BCUT2D eigenvalue weighted by Crippen LogP contribution is -2.46. The second kappa shape index (κ2) is 15.6. The maximum atomic E-state index is 13.8. The van der Waals surface area contributed by atoms with Gasteiger partial charge in [-0.3, -0.25) is 24.5 Å². The van der Waals surface area contributed by atoms with Crippen molar-refractivity contribution in [2.24, 2.45) is 36.6 Å². The standard InChI is InChI=1S/C44H56N4O6/c1-26-17-30(18-31-10-12-41(49)45-43(31)51)7-11-38(26)47-15-13-29(14-16-47)19-42(50)48-23-32-8-9-33(24-48)35(32)22-36-39(53-5)20-34(21-40(36)54-6)37-25-46(4)44(52)28(3)27(37)2/h7,11,17,20-21,25,29,31-33,35H,8-10,12-16,18-19,22-24H2,1-6H3,(H,45,49,51). The van der Waals surface area contributed by atoms with Gasteiger partial charge in [-0.1, -0.05) is 12.1 Å². The first-order valence-electron chi connectivity index (χ1n) is 19.8. The molecule has 10 heteroatoms. The summed E-state index contributed by atoms with van der Waals surface area (Å²) < 4.78 is 13.6. The fourth-order valence-corrected chi connectivity index (χ4v) is 9.89. The molecule has 1 aliphatic carbocycles. The Kier molecular flexibility index (Phi) is 10.9. The molecule has 3 unspecified atom stereocenters. The number of hydrogen-bond acceptors (Lipinski definition) is 7. The first kappa shape index (κ1) is 37.7. The van der Waals surface area contributed by atoms with Crippen LogP contribution in [0.15, 0.2) is 41.3 Å². The maximum Gasteiger partial charge on any atom is 0.253 e. The molecule has 2 aromatic carbocycles. The second-order valence-electron chi connectivity index (χ2n) is 16.4. The molecule has 7 rings (SSSR count). The number of methoxy groups -OCH3 is 2. The van der Waals surface area contributed by atoms with Gasteiger partial charge in [0.05, 0.1) is 14.2 Å². The number of anilines is 1. The van der Waals surface area contributed by atoms with Gasteiger partial charge in [-0.05, 0) is 130 Å². The fraction of sp³-hybridized carbons (Fsp3) is 0.545. The van der Waals surface area contributed by atoms with Gasteiger partial charge in [0, 0.05) is 80.6 Å². The van der Waals surface area contributed by atoms with Crippen molar-refractivity contribution in [2.75, 3.05) is 45.3 Å². The van der Waals surface area contributed by atoms with E-state index in [1.165, 1.54) is 11.3 Å². The third-order valence-corrected chi connectivity index (χ3v) is 13.2. The van der Waals surface area contributed by atoms with Gasteiger partial charge in [0.15, 0.2) is 0 Å². The number of nitrogens with one attached hydrogen (secondary N) is 1. The SMILES string of the molecule is COc1cc(-c2cn(C)c(=O)c(C)c2C)cc(OC)c1CC1C2CCC1CN(C(=O)CC1CCN(c3ccc(CC4CCC(=O)NC4=O)cc3C)CC1)C2. The van der Waals surface area contributed by atoms with Gasteiger partial charge in [-0.25, -0.2) is 0 Å². The molecular weight excluding hydrogens is 681 g/mol. The van der Waals surface area contributed by atoms with Crippen LogP contribution in [0.2, 0.25) is 0 Å². The number of hydrogen-bond donors (Lipinski definition) is 1. The van der Waals surface area contributed by atoms with Crippen LogP contribution in [-0.2, 0) is 34.3 Å². The van der Waals surface area contributed by atoms with E-state index >= 15 is 0 Å². The van der Waals surface area contributed by atoms with E-state index in [9.17, 15) is 19.2 Å². The first-order chi connectivity index (χ1) is 25.9. The largest absolute Gasteiger partial charge is 0.496 e. The average molecular weight is 737 g/mol. The predicted octanol–water partition coefficient (Wildman–Crippen LogP) is 5.92. The van der Waals surface area contributed by atoms with Crippen LogP contribution >= 0.6 is 0 Å². The summed E-state index contributed by atoms with van der Waals surface area (Å²) in [7, 11) is 5.21. The highest BCUT2D eigenvalue weighted by atomic mass is 16.5. The Labute approximate surface area is 319 Å². The van der Waals surface area contributed by atoms with Crippen LogP contribution in [0, 0.1) is 50.4 Å². The summed E-state index contributed by atoms with van der Waals surface area (Å²) in [6, 6.07) is 10.6. The fourth-order valence-electron chi connectivity index (χ4n) is 9.89. The zero-order valence-corrected chi connectivity index (χ0v) is 32.8. The minimum Gasteiger partial charge on any atom is -0.496 e. The molecule has 3 amide bonds. The maximum absolute atomic E-state index is 13.8. The molecule has 3 aromatic rings. The van der Waals surface area contributed by atoms with Gasteiger partial charge in [0.2, 0.25) is 17.7 Å². The number of likely N-dealkylation sites (tertiary alicyclic amines) is 1. The lowest BCUT2D eigenvalue weighted by Gasteiger charge is -2.40. The molecule has 288 valence electrons. The van der Waals surface area contributed by atoms with Crippen LogP contribution in [0.3, 0.4) is 0 Å². The Bertz CT molecular complexity index is 1960. The number of rotatable bonds is 10. The molecule has 4 aliphatic rings. The number of imide groups is 1. The Morgan fingerprint density at radius 2 is 1.52 bits per heavy atom. The van der Waals surface area contributed by atoms with Crippen LogP contribution in [-0.4, -0.2) is 67.6 Å². The van der Waals surface area contributed by atoms with Crippen molar-refractivity contribution >= 4 is 23.4 Å². The quantitative estimate of drug-likeness (QED) is 0.258. The highest BCUT2D eigenvalue weighted by Crippen LogP contribution is 2.47. The van der Waals surface area contributed by atoms with E-state index < -0.39 is 0 Å². The molecule has 1 N–H and O–H groups in total. The third kappa shape index (κ3) is 7.53. The van der Waals surface area contributed by atoms with E-state index in [1.807, 2.05) is 20.0 Å². The Morgan fingerprint density at radius 1 is 0.852 bits per heavy atom. The second-order valence-corrected chi connectivity index (χ2v) is 16.4. The predicted molar refractivity (Wildman–Crippen MR) is 210 cm³/mol. The summed E-state index contributed by atoms with van der Waals surface area (Å²) in [5, 5.41) is 2.47.